The molecule has 7 heteroatoms. The summed E-state index contributed by atoms with van der Waals surface area (Å²) in [7, 11) is 1.67. The average molecular weight is 349 g/mol. The minimum atomic E-state index is -1.21. The van der Waals surface area contributed by atoms with Crippen LogP contribution in [0.25, 0.3) is 11.0 Å². The molecule has 1 aliphatic rings. The van der Waals surface area contributed by atoms with Crippen LogP contribution in [0, 0.1) is 0 Å². The summed E-state index contributed by atoms with van der Waals surface area (Å²) in [6.07, 6.45) is -1.21. The molecule has 136 valence electrons. The Bertz CT molecular complexity index is 849. The topological polar surface area (TPSA) is 67.3 Å². The molecule has 2 unspecified atom stereocenters. The zero-order valence-electron chi connectivity index (χ0n) is 15.0. The molecule has 2 heterocycles. The highest BCUT2D eigenvalue weighted by molar-refractivity contribution is 5.79. The van der Waals surface area contributed by atoms with Crippen LogP contribution in [0.4, 0.5) is 9.18 Å². The van der Waals surface area contributed by atoms with Gasteiger partial charge < -0.3 is 14.6 Å². The number of benzene rings is 1. The zero-order chi connectivity index (χ0) is 18.4. The molecule has 0 spiro atoms. The van der Waals surface area contributed by atoms with E-state index < -0.39 is 17.9 Å². The molecule has 0 radical (unpaired) electrons. The van der Waals surface area contributed by atoms with Crippen LogP contribution < -0.4 is 5.69 Å². The Balaban J connectivity index is 1.83. The van der Waals surface area contributed by atoms with Gasteiger partial charge in [-0.2, -0.15) is 0 Å². The lowest BCUT2D eigenvalue weighted by Crippen LogP contribution is -2.46. The minimum Gasteiger partial charge on any atom is -0.444 e. The van der Waals surface area contributed by atoms with Crippen molar-refractivity contribution in [1.82, 2.24) is 14.5 Å². The first kappa shape index (κ1) is 17.5. The van der Waals surface area contributed by atoms with Crippen molar-refractivity contribution in [3.63, 3.8) is 0 Å². The van der Waals surface area contributed by atoms with Crippen LogP contribution in [0.15, 0.2) is 23.0 Å². The van der Waals surface area contributed by atoms with Gasteiger partial charge in [0.05, 0.1) is 17.6 Å². The number of alkyl halides is 1. The number of hydrogen-bond acceptors (Lipinski definition) is 3. The lowest BCUT2D eigenvalue weighted by molar-refractivity contribution is 0.0112. The van der Waals surface area contributed by atoms with E-state index in [0.717, 1.165) is 11.1 Å². The summed E-state index contributed by atoms with van der Waals surface area (Å²) in [5.41, 5.74) is 1.41. The van der Waals surface area contributed by atoms with Crippen LogP contribution >= 0.6 is 0 Å². The summed E-state index contributed by atoms with van der Waals surface area (Å²) in [5.74, 6) is -0.358. The molecule has 1 aromatic heterocycles. The average Bonchev–Trinajstić information content (AvgIpc) is 2.80. The summed E-state index contributed by atoms with van der Waals surface area (Å²) in [6, 6.07) is 5.49. The van der Waals surface area contributed by atoms with Gasteiger partial charge in [0.15, 0.2) is 0 Å². The number of aromatic amines is 1. The molecule has 1 aromatic carbocycles. The maximum absolute atomic E-state index is 14.9. The van der Waals surface area contributed by atoms with Crippen molar-refractivity contribution in [2.75, 3.05) is 13.1 Å². The van der Waals surface area contributed by atoms with E-state index in [1.54, 1.807) is 27.8 Å². The van der Waals surface area contributed by atoms with E-state index in [1.807, 2.05) is 18.2 Å². The molecule has 1 saturated heterocycles. The second kappa shape index (κ2) is 6.20. The molecule has 1 fully saturated rings. The number of carbonyl (C=O) groups excluding carboxylic acids is 1. The van der Waals surface area contributed by atoms with E-state index in [2.05, 4.69) is 4.98 Å². The first-order chi connectivity index (χ1) is 11.7. The third-order valence-electron chi connectivity index (χ3n) is 4.54. The second-order valence-corrected chi connectivity index (χ2v) is 7.57. The smallest absolute Gasteiger partial charge is 0.410 e. The number of para-hydroxylation sites is 1. The van der Waals surface area contributed by atoms with E-state index in [9.17, 15) is 14.0 Å². The Morgan fingerprint density at radius 3 is 2.72 bits per heavy atom. The van der Waals surface area contributed by atoms with Gasteiger partial charge in [-0.05, 0) is 38.8 Å². The third kappa shape index (κ3) is 3.41. The normalized spacial score (nSPS) is 21.6. The summed E-state index contributed by atoms with van der Waals surface area (Å²) in [6.45, 7) is 5.79. The van der Waals surface area contributed by atoms with Gasteiger partial charge in [-0.25, -0.2) is 14.0 Å². The van der Waals surface area contributed by atoms with Crippen molar-refractivity contribution >= 4 is 17.1 Å². The summed E-state index contributed by atoms with van der Waals surface area (Å²) < 4.78 is 21.7. The van der Waals surface area contributed by atoms with Crippen LogP contribution in [0.1, 0.15) is 38.7 Å². The van der Waals surface area contributed by atoms with Gasteiger partial charge in [0.25, 0.3) is 0 Å². The van der Waals surface area contributed by atoms with Gasteiger partial charge in [-0.1, -0.05) is 12.1 Å². The van der Waals surface area contributed by atoms with Crippen molar-refractivity contribution in [3.8, 4) is 0 Å². The number of rotatable bonds is 1. The maximum Gasteiger partial charge on any atom is 0.410 e. The second-order valence-electron chi connectivity index (χ2n) is 7.57. The lowest BCUT2D eigenvalue weighted by atomic mass is 9.87. The summed E-state index contributed by atoms with van der Waals surface area (Å²) >= 11 is 0. The van der Waals surface area contributed by atoms with Crippen LogP contribution in [0.2, 0.25) is 0 Å². The highest BCUT2D eigenvalue weighted by atomic mass is 19.1. The fourth-order valence-corrected chi connectivity index (χ4v) is 3.38. The number of aryl methyl sites for hydroxylation is 1. The Morgan fingerprint density at radius 1 is 1.36 bits per heavy atom. The number of hydrogen-bond donors (Lipinski definition) is 1. The highest BCUT2D eigenvalue weighted by Crippen LogP contribution is 2.34. The standard InChI is InChI=1S/C18H24FN3O3/c1-18(2,3)25-17(24)22-9-8-11(13(19)10-22)12-6-5-7-14-15(12)21(4)16(23)20-14/h5-7,11,13H,8-10H2,1-4H3,(H,20,23). The first-order valence-electron chi connectivity index (χ1n) is 8.47. The van der Waals surface area contributed by atoms with E-state index in [4.69, 9.17) is 4.74 Å². The number of H-pyrrole nitrogens is 1. The molecular weight excluding hydrogens is 325 g/mol. The molecular formula is C18H24FN3O3. The Morgan fingerprint density at radius 2 is 2.08 bits per heavy atom. The molecule has 2 atom stereocenters. The Kier molecular flexibility index (Phi) is 4.34. The van der Waals surface area contributed by atoms with Gasteiger partial charge in [0, 0.05) is 19.5 Å². The molecule has 2 aromatic rings. The predicted molar refractivity (Wildman–Crippen MR) is 93.6 cm³/mol. The van der Waals surface area contributed by atoms with Crippen molar-refractivity contribution in [1.29, 1.82) is 0 Å². The number of carbonyl (C=O) groups is 1. The van der Waals surface area contributed by atoms with Crippen molar-refractivity contribution in [3.05, 3.63) is 34.2 Å². The summed E-state index contributed by atoms with van der Waals surface area (Å²) in [4.78, 5) is 28.2. The third-order valence-corrected chi connectivity index (χ3v) is 4.54. The molecule has 0 saturated carbocycles. The number of amides is 1. The van der Waals surface area contributed by atoms with Gasteiger partial charge in [-0.3, -0.25) is 4.57 Å². The minimum absolute atomic E-state index is 0.00562. The van der Waals surface area contributed by atoms with E-state index in [0.29, 0.717) is 18.5 Å². The molecule has 1 amide bonds. The molecule has 0 bridgehead atoms. The number of ether oxygens (including phenoxy) is 1. The maximum atomic E-state index is 14.9. The molecule has 1 aliphatic heterocycles. The molecule has 0 aliphatic carbocycles. The molecule has 1 N–H and O–H groups in total. The van der Waals surface area contributed by atoms with Crippen LogP contribution in [-0.2, 0) is 11.8 Å². The van der Waals surface area contributed by atoms with E-state index in [-0.39, 0.29) is 18.2 Å². The molecule has 25 heavy (non-hydrogen) atoms. The number of imidazole rings is 1. The van der Waals surface area contributed by atoms with Crippen LogP contribution in [0.5, 0.6) is 0 Å². The fourth-order valence-electron chi connectivity index (χ4n) is 3.38. The fraction of sp³-hybridized carbons (Fsp3) is 0.556. The van der Waals surface area contributed by atoms with Crippen molar-refractivity contribution < 1.29 is 13.9 Å². The zero-order valence-corrected chi connectivity index (χ0v) is 15.0. The SMILES string of the molecule is Cn1c(=O)[nH]c2cccc(C3CCN(C(=O)OC(C)(C)C)CC3F)c21. The van der Waals surface area contributed by atoms with Crippen molar-refractivity contribution in [2.24, 2.45) is 7.05 Å². The van der Waals surface area contributed by atoms with Gasteiger partial charge >= 0.3 is 11.8 Å². The van der Waals surface area contributed by atoms with Crippen LogP contribution in [0.3, 0.4) is 0 Å². The number of fused-ring (bicyclic) bond motifs is 1. The number of aromatic nitrogens is 2. The van der Waals surface area contributed by atoms with Gasteiger partial charge in [0.1, 0.15) is 11.8 Å². The van der Waals surface area contributed by atoms with E-state index in [1.165, 1.54) is 9.47 Å². The van der Waals surface area contributed by atoms with Gasteiger partial charge in [-0.15, -0.1) is 0 Å². The largest absolute Gasteiger partial charge is 0.444 e. The highest BCUT2D eigenvalue weighted by Gasteiger charge is 2.35. The van der Waals surface area contributed by atoms with E-state index >= 15 is 0 Å². The Labute approximate surface area is 145 Å². The summed E-state index contributed by atoms with van der Waals surface area (Å²) in [5, 5.41) is 0. The monoisotopic (exact) mass is 349 g/mol. The molecule has 3 rings (SSSR count). The van der Waals surface area contributed by atoms with Crippen LogP contribution in [-0.4, -0.2) is 45.4 Å². The number of likely N-dealkylation sites (tertiary alicyclic amines) is 1. The lowest BCUT2D eigenvalue weighted by Gasteiger charge is -2.36. The van der Waals surface area contributed by atoms with Gasteiger partial charge in [0.2, 0.25) is 0 Å². The number of nitrogens with zero attached hydrogens (tertiary/aromatic N) is 2. The predicted octanol–water partition coefficient (Wildman–Crippen LogP) is 2.93. The quantitative estimate of drug-likeness (QED) is 0.861. The number of halogens is 1. The number of nitrogens with one attached hydrogen (secondary N) is 1. The number of piperidine rings is 1. The van der Waals surface area contributed by atoms with Crippen molar-refractivity contribution in [2.45, 2.75) is 44.9 Å². The molecule has 6 nitrogen and oxygen atoms in total. The first-order valence-corrected chi connectivity index (χ1v) is 8.47. The Hall–Kier alpha value is -2.31.